The SMILES string of the molecule is CC[C@H](C)[C@@H]1NC(=O)[C@H](CC(C)C)N(C)C(=O)C[C@@H](C(=O)N2C3CCC2COC3)N(C)C(=O)[C@H](C2CCCC2)N(C)C(=O)C2(CCCC2)NC(=O)[C@@H]2CCCN2C(=O)[C@H](CCc2ccc(C(F)(F)F)c(Cl)c2)NC(=O)CN(C)C(=O)[C@H](Cc2ccc(C(F)(F)F)cc2)N(C)C(=O)[C@@H]2CCN2C(=O)[C@H](C)N(C)C1=O. The average molecular weight is 1540 g/mol. The summed E-state index contributed by atoms with van der Waals surface area (Å²) in [6.07, 6.45) is -5.50. The van der Waals surface area contributed by atoms with Crippen LogP contribution in [0.1, 0.15) is 166 Å². The van der Waals surface area contributed by atoms with E-state index >= 15 is 38.4 Å². The predicted octanol–water partition coefficient (Wildman–Crippen LogP) is 6.23. The smallest absolute Gasteiger partial charge is 0.377 e. The molecule has 0 aromatic heterocycles. The largest absolute Gasteiger partial charge is 0.417 e. The lowest BCUT2D eigenvalue weighted by atomic mass is 9.90. The maximum absolute atomic E-state index is 15.9. The Labute approximate surface area is 632 Å². The Morgan fingerprint density at radius 2 is 1.25 bits per heavy atom. The number of nitrogens with one attached hydrogen (secondary N) is 3. The predicted molar refractivity (Wildman–Crippen MR) is 384 cm³/mol. The van der Waals surface area contributed by atoms with Gasteiger partial charge in [-0.3, -0.25) is 57.5 Å². The molecule has 2 saturated carbocycles. The summed E-state index contributed by atoms with van der Waals surface area (Å²) >= 11 is 6.15. The third-order valence-corrected chi connectivity index (χ3v) is 24.0. The number of carbonyl (C=O) groups excluding carboxylic acids is 12. The first-order valence-electron chi connectivity index (χ1n) is 37.8. The number of hydrogen-bond donors (Lipinski definition) is 3. The number of halogens is 7. The Bertz CT molecular complexity index is 3670. The van der Waals surface area contributed by atoms with Gasteiger partial charge in [0, 0.05) is 61.8 Å². The molecule has 2 aromatic rings. The fourth-order valence-corrected chi connectivity index (χ4v) is 17.0. The van der Waals surface area contributed by atoms with Crippen LogP contribution in [0.25, 0.3) is 0 Å². The number of hydrogen-bond acceptors (Lipinski definition) is 13. The molecule has 9 rings (SSSR count). The van der Waals surface area contributed by atoms with Crippen LogP contribution in [0, 0.1) is 17.8 Å². The quantitative estimate of drug-likeness (QED) is 0.211. The maximum atomic E-state index is 15.9. The van der Waals surface area contributed by atoms with Crippen LogP contribution >= 0.6 is 11.6 Å². The number of aryl methyl sites for hydroxylation is 1. The minimum absolute atomic E-state index is 0.00702. The molecule has 5 aliphatic heterocycles. The normalized spacial score (nSPS) is 28.4. The molecule has 12 atom stereocenters. The van der Waals surface area contributed by atoms with E-state index in [0.717, 1.165) is 57.2 Å². The Balaban J connectivity index is 1.10. The molecule has 2 unspecified atom stereocenters. The lowest BCUT2D eigenvalue weighted by Crippen LogP contribution is -2.65. The van der Waals surface area contributed by atoms with Gasteiger partial charge >= 0.3 is 12.4 Å². The summed E-state index contributed by atoms with van der Waals surface area (Å²) in [5.41, 5.74) is -3.39. The van der Waals surface area contributed by atoms with Crippen LogP contribution in [0.4, 0.5) is 26.3 Å². The number of alkyl halides is 6. The summed E-state index contributed by atoms with van der Waals surface area (Å²) in [5, 5.41) is 7.97. The Morgan fingerprint density at radius 3 is 1.82 bits per heavy atom. The van der Waals surface area contributed by atoms with Gasteiger partial charge in [-0.05, 0) is 137 Å². The maximum Gasteiger partial charge on any atom is 0.417 e. The number of ether oxygens (including phenoxy) is 1. The summed E-state index contributed by atoms with van der Waals surface area (Å²) in [6, 6.07) is -6.15. The van der Waals surface area contributed by atoms with Crippen molar-refractivity contribution in [1.82, 2.24) is 60.0 Å². The topological polar surface area (TPSA) is 279 Å². The molecule has 32 heteroatoms. The van der Waals surface area contributed by atoms with Crippen molar-refractivity contribution in [3.8, 4) is 0 Å². The summed E-state index contributed by atoms with van der Waals surface area (Å²) < 4.78 is 89.3. The lowest BCUT2D eigenvalue weighted by Gasteiger charge is -2.45. The van der Waals surface area contributed by atoms with Crippen LogP contribution in [0.5, 0.6) is 0 Å². The number of rotatable bonds is 11. The summed E-state index contributed by atoms with van der Waals surface area (Å²) in [6.45, 7) is 8.19. The Morgan fingerprint density at radius 1 is 0.630 bits per heavy atom. The number of nitrogens with zero attached hydrogens (tertiary/aromatic N) is 9. The van der Waals surface area contributed by atoms with Crippen molar-refractivity contribution in [1.29, 1.82) is 0 Å². The van der Waals surface area contributed by atoms with Crippen molar-refractivity contribution < 1.29 is 88.6 Å². The second kappa shape index (κ2) is 34.9. The highest BCUT2D eigenvalue weighted by Crippen LogP contribution is 2.40. The van der Waals surface area contributed by atoms with Gasteiger partial charge in [-0.1, -0.05) is 89.6 Å². The van der Waals surface area contributed by atoms with Gasteiger partial charge in [0.1, 0.15) is 59.9 Å². The van der Waals surface area contributed by atoms with E-state index in [1.807, 2.05) is 13.8 Å². The zero-order valence-electron chi connectivity index (χ0n) is 63.6. The van der Waals surface area contributed by atoms with Crippen molar-refractivity contribution in [2.24, 2.45) is 17.8 Å². The molecule has 2 aromatic carbocycles. The van der Waals surface area contributed by atoms with E-state index in [1.54, 1.807) is 18.7 Å². The van der Waals surface area contributed by atoms with Crippen LogP contribution in [0.2, 0.25) is 5.02 Å². The van der Waals surface area contributed by atoms with Gasteiger partial charge in [0.05, 0.1) is 54.4 Å². The second-order valence-corrected chi connectivity index (χ2v) is 31.6. The number of amides is 12. The van der Waals surface area contributed by atoms with Crippen LogP contribution in [0.3, 0.4) is 0 Å². The molecule has 108 heavy (non-hydrogen) atoms. The van der Waals surface area contributed by atoms with Crippen LogP contribution < -0.4 is 16.0 Å². The van der Waals surface area contributed by atoms with Gasteiger partial charge in [0.15, 0.2) is 0 Å². The van der Waals surface area contributed by atoms with Gasteiger partial charge in [0.25, 0.3) is 0 Å². The van der Waals surface area contributed by atoms with Gasteiger partial charge in [-0.15, -0.1) is 0 Å². The summed E-state index contributed by atoms with van der Waals surface area (Å²) in [7, 11) is 8.13. The van der Waals surface area contributed by atoms with Crippen LogP contribution in [-0.4, -0.2) is 262 Å². The standard InChI is InChI=1S/C76H105ClF6N12O13/c1-12-44(4)62-71(105)88(7)45(5)66(100)94-35-31-56(94)69(103)90(9)58(38-47-21-25-49(26-22-47)75(78,79)80)68(102)87(6)40-60(96)84-54(30-24-46-23-29-52(53(77)37-46)76(81,82)83)67(101)93-34-17-20-55(93)65(99)86-74(32-15-16-33-74)73(107)92(11)63(48-18-13-14-19-48)72(106)91(10)59(70(104)95-50-27-28-51(95)42-108-41-50)39-61(97)89(8)57(36-43(2)3)64(98)85-62/h21-23,25-26,29,37,43-45,48,50-51,54-59,62-63H,12-20,24,27-28,30-36,38-42H2,1-11H3,(H,84,96)(H,85,98)(H,86,99)/t44-,45-,50?,51?,54-,55-,56-,57-,58-,59-,62-,63-/m0/s1. The first-order valence-corrected chi connectivity index (χ1v) is 38.2. The number of carbonyl (C=O) groups is 12. The molecule has 25 nitrogen and oxygen atoms in total. The third kappa shape index (κ3) is 18.5. The van der Waals surface area contributed by atoms with E-state index in [9.17, 15) is 45.5 Å². The van der Waals surface area contributed by atoms with E-state index in [4.69, 9.17) is 16.3 Å². The Hall–Kier alpha value is -8.09. The molecule has 596 valence electrons. The molecule has 1 spiro atoms. The number of morpholine rings is 1. The highest BCUT2D eigenvalue weighted by molar-refractivity contribution is 6.31. The van der Waals surface area contributed by atoms with Crippen molar-refractivity contribution in [3.63, 3.8) is 0 Å². The van der Waals surface area contributed by atoms with Gasteiger partial charge < -0.3 is 64.8 Å². The third-order valence-electron chi connectivity index (χ3n) is 23.6. The minimum atomic E-state index is -4.82. The molecule has 2 aliphatic carbocycles. The lowest BCUT2D eigenvalue weighted by molar-refractivity contribution is -0.160. The van der Waals surface area contributed by atoms with E-state index in [-0.39, 0.29) is 107 Å². The van der Waals surface area contributed by atoms with Gasteiger partial charge in [0.2, 0.25) is 70.9 Å². The highest BCUT2D eigenvalue weighted by atomic mass is 35.5. The molecule has 0 radical (unpaired) electrons. The monoisotopic (exact) mass is 1540 g/mol. The van der Waals surface area contributed by atoms with Crippen molar-refractivity contribution >= 4 is 82.5 Å². The fraction of sp³-hybridized carbons (Fsp3) is 0.684. The summed E-state index contributed by atoms with van der Waals surface area (Å²) in [4.78, 5) is 193. The van der Waals surface area contributed by atoms with Crippen LogP contribution in [-0.2, 0) is 87.5 Å². The molecule has 7 aliphatic rings. The molecule has 5 heterocycles. The fourth-order valence-electron chi connectivity index (χ4n) is 16.7. The number of likely N-dealkylation sites (N-methyl/N-ethyl adjacent to an activating group) is 6. The zero-order valence-corrected chi connectivity index (χ0v) is 64.3. The summed E-state index contributed by atoms with van der Waals surface area (Å²) in [5.74, 6) is -10.1. The average Bonchev–Trinajstić information content (AvgIpc) is 1.50. The van der Waals surface area contributed by atoms with Crippen LogP contribution in [0.15, 0.2) is 42.5 Å². The molecular formula is C76H105ClF6N12O13. The molecule has 3 N–H and O–H groups in total. The zero-order chi connectivity index (χ0) is 79.3. The molecule has 5 saturated heterocycles. The first kappa shape index (κ1) is 83.9. The molecular weight excluding hydrogens is 1440 g/mol. The van der Waals surface area contributed by atoms with E-state index < -0.39 is 191 Å². The van der Waals surface area contributed by atoms with E-state index in [0.29, 0.717) is 57.8 Å². The molecule has 7 fully saturated rings. The van der Waals surface area contributed by atoms with Gasteiger partial charge in [-0.2, -0.15) is 26.3 Å². The first-order chi connectivity index (χ1) is 50.8. The molecule has 2 bridgehead atoms. The second-order valence-electron chi connectivity index (χ2n) is 31.2. The highest BCUT2D eigenvalue weighted by Gasteiger charge is 2.53. The molecule has 12 amide bonds. The van der Waals surface area contributed by atoms with Crippen molar-refractivity contribution in [3.05, 3.63) is 69.7 Å². The van der Waals surface area contributed by atoms with Crippen molar-refractivity contribution in [2.75, 3.05) is 75.1 Å². The van der Waals surface area contributed by atoms with Gasteiger partial charge in [-0.25, -0.2) is 0 Å². The number of benzene rings is 2. The van der Waals surface area contributed by atoms with E-state index in [2.05, 4.69) is 16.0 Å². The van der Waals surface area contributed by atoms with Crippen molar-refractivity contribution in [2.45, 2.75) is 241 Å². The van der Waals surface area contributed by atoms with E-state index in [1.165, 1.54) is 73.7 Å². The Kier molecular flexibility index (Phi) is 27.1. The minimum Gasteiger partial charge on any atom is -0.377 e. The number of fused-ring (bicyclic) bond motifs is 4.